The monoisotopic (exact) mass is 478 g/mol. The highest BCUT2D eigenvalue weighted by molar-refractivity contribution is 7.13. The Hall–Kier alpha value is -2.16. The van der Waals surface area contributed by atoms with Crippen molar-refractivity contribution in [3.8, 4) is 0 Å². The van der Waals surface area contributed by atoms with Crippen LogP contribution >= 0.6 is 22.9 Å². The molecule has 0 saturated carbocycles. The Bertz CT molecular complexity index is 998. The average molecular weight is 479 g/mol. The molecule has 3 atom stereocenters. The Morgan fingerprint density at radius 2 is 2.09 bits per heavy atom. The molecule has 2 saturated heterocycles. The average Bonchev–Trinajstić information content (AvgIpc) is 3.42. The number of benzene rings is 1. The normalized spacial score (nSPS) is 27.0. The number of unbranched alkanes of at least 4 members (excludes halogenated alkanes) is 2. The van der Waals surface area contributed by atoms with Gasteiger partial charge >= 0.3 is 11.9 Å². The van der Waals surface area contributed by atoms with Crippen molar-refractivity contribution in [2.24, 2.45) is 5.41 Å². The van der Waals surface area contributed by atoms with E-state index in [4.69, 9.17) is 25.8 Å². The van der Waals surface area contributed by atoms with Crippen LogP contribution in [0.25, 0.3) is 0 Å². The second-order valence-corrected chi connectivity index (χ2v) is 9.80. The number of carbonyl (C=O) groups excluding carboxylic acids is 2. The van der Waals surface area contributed by atoms with Gasteiger partial charge < -0.3 is 19.5 Å². The van der Waals surface area contributed by atoms with Crippen molar-refractivity contribution in [1.82, 2.24) is 4.98 Å². The number of para-hydroxylation sites is 1. The van der Waals surface area contributed by atoms with Gasteiger partial charge in [-0.25, -0.2) is 4.98 Å². The zero-order valence-corrected chi connectivity index (χ0v) is 19.8. The Morgan fingerprint density at radius 1 is 1.28 bits per heavy atom. The van der Waals surface area contributed by atoms with Gasteiger partial charge in [-0.15, -0.1) is 11.3 Å². The Balaban J connectivity index is 1.43. The van der Waals surface area contributed by atoms with Crippen LogP contribution in [-0.4, -0.2) is 36.2 Å². The summed E-state index contributed by atoms with van der Waals surface area (Å²) in [6.45, 7) is 4.83. The molecular formula is C23H27ClN2O5S. The molecule has 2 fully saturated rings. The highest BCUT2D eigenvalue weighted by atomic mass is 35.5. The molecule has 1 aromatic carbocycles. The molecule has 2 aliphatic heterocycles. The third-order valence-corrected chi connectivity index (χ3v) is 7.03. The number of anilines is 2. The number of ether oxygens (including phenoxy) is 3. The second-order valence-electron chi connectivity index (χ2n) is 8.54. The number of esters is 2. The first-order valence-electron chi connectivity index (χ1n) is 10.9. The predicted octanol–water partition coefficient (Wildman–Crippen LogP) is 5.21. The van der Waals surface area contributed by atoms with Gasteiger partial charge in [0.2, 0.25) is 0 Å². The molecule has 2 aliphatic rings. The van der Waals surface area contributed by atoms with Crippen molar-refractivity contribution in [3.63, 3.8) is 0 Å². The third kappa shape index (κ3) is 4.49. The van der Waals surface area contributed by atoms with Crippen molar-refractivity contribution in [3.05, 3.63) is 40.4 Å². The maximum atomic E-state index is 12.9. The molecule has 9 heteroatoms. The summed E-state index contributed by atoms with van der Waals surface area (Å²) >= 11 is 7.59. The number of halogens is 1. The zero-order chi connectivity index (χ0) is 22.8. The molecule has 1 spiro atoms. The molecule has 1 aromatic heterocycles. The standard InChI is InChI=1S/C23H27ClN2O5S/c1-3-4-7-10-29-12-15-11-23(19(27)30-15)14-22(2,31-20(23)28)18-13-32-21(26-18)25-17-9-6-5-8-16(17)24/h5-6,8-9,13,15H,3-4,7,10-12,14H2,1-2H3,(H,25,26)/t15-,22+,23-/m1/s1. The lowest BCUT2D eigenvalue weighted by molar-refractivity contribution is -0.160. The molecule has 7 nitrogen and oxygen atoms in total. The van der Waals surface area contributed by atoms with E-state index in [2.05, 4.69) is 17.2 Å². The molecule has 0 aliphatic carbocycles. The maximum Gasteiger partial charge on any atom is 0.324 e. The SMILES string of the molecule is CCCCCOC[C@H]1C[C@@]2(C[C@@](C)(c3csc(Nc4ccccc4Cl)n3)OC2=O)C(=O)O1. The smallest absolute Gasteiger partial charge is 0.324 e. The summed E-state index contributed by atoms with van der Waals surface area (Å²) in [5.74, 6) is -1.08. The van der Waals surface area contributed by atoms with Crippen LogP contribution in [0.3, 0.4) is 0 Å². The van der Waals surface area contributed by atoms with Crippen LogP contribution in [0.15, 0.2) is 29.6 Å². The van der Waals surface area contributed by atoms with Gasteiger partial charge in [0.15, 0.2) is 16.1 Å². The predicted molar refractivity (Wildman–Crippen MR) is 122 cm³/mol. The molecule has 2 aromatic rings. The van der Waals surface area contributed by atoms with E-state index in [1.807, 2.05) is 23.6 Å². The second kappa shape index (κ2) is 9.37. The van der Waals surface area contributed by atoms with E-state index >= 15 is 0 Å². The van der Waals surface area contributed by atoms with E-state index in [0.717, 1.165) is 24.9 Å². The largest absolute Gasteiger partial charge is 0.459 e. The molecular weight excluding hydrogens is 452 g/mol. The summed E-state index contributed by atoms with van der Waals surface area (Å²) < 4.78 is 16.9. The Morgan fingerprint density at radius 3 is 2.88 bits per heavy atom. The van der Waals surface area contributed by atoms with Gasteiger partial charge in [0.05, 0.1) is 23.0 Å². The number of hydrogen-bond acceptors (Lipinski definition) is 8. The van der Waals surface area contributed by atoms with Crippen molar-refractivity contribution in [1.29, 1.82) is 0 Å². The van der Waals surface area contributed by atoms with Crippen molar-refractivity contribution >= 4 is 45.7 Å². The zero-order valence-electron chi connectivity index (χ0n) is 18.2. The van der Waals surface area contributed by atoms with E-state index in [1.54, 1.807) is 13.0 Å². The van der Waals surface area contributed by atoms with Crippen LogP contribution in [0.1, 0.15) is 51.6 Å². The van der Waals surface area contributed by atoms with Gasteiger partial charge in [0.25, 0.3) is 0 Å². The summed E-state index contributed by atoms with van der Waals surface area (Å²) in [7, 11) is 0. The molecule has 32 heavy (non-hydrogen) atoms. The van der Waals surface area contributed by atoms with Gasteiger partial charge in [0.1, 0.15) is 6.10 Å². The number of cyclic esters (lactones) is 2. The Kier molecular flexibility index (Phi) is 6.74. The van der Waals surface area contributed by atoms with E-state index in [-0.39, 0.29) is 12.8 Å². The van der Waals surface area contributed by atoms with Gasteiger partial charge in [-0.1, -0.05) is 43.5 Å². The highest BCUT2D eigenvalue weighted by Gasteiger charge is 2.65. The Labute approximate surface area is 196 Å². The molecule has 0 amide bonds. The van der Waals surface area contributed by atoms with Gasteiger partial charge in [-0.3, -0.25) is 9.59 Å². The van der Waals surface area contributed by atoms with E-state index in [9.17, 15) is 9.59 Å². The molecule has 4 rings (SSSR count). The first-order chi connectivity index (χ1) is 15.4. The number of carbonyl (C=O) groups is 2. The van der Waals surface area contributed by atoms with Crippen LogP contribution < -0.4 is 5.32 Å². The third-order valence-electron chi connectivity index (χ3n) is 5.95. The summed E-state index contributed by atoms with van der Waals surface area (Å²) in [4.78, 5) is 30.2. The van der Waals surface area contributed by atoms with Crippen molar-refractivity contribution < 1.29 is 23.8 Å². The fourth-order valence-corrected chi connectivity index (χ4v) is 5.26. The minimum atomic E-state index is -1.30. The summed E-state index contributed by atoms with van der Waals surface area (Å²) in [5, 5.41) is 6.22. The molecule has 0 radical (unpaired) electrons. The molecule has 172 valence electrons. The number of aromatic nitrogens is 1. The van der Waals surface area contributed by atoms with Gasteiger partial charge in [-0.2, -0.15) is 0 Å². The molecule has 1 N–H and O–H groups in total. The molecule has 0 bridgehead atoms. The van der Waals surface area contributed by atoms with Gasteiger partial charge in [-0.05, 0) is 25.5 Å². The summed E-state index contributed by atoms with van der Waals surface area (Å²) in [5.41, 5.74) is -0.980. The van der Waals surface area contributed by atoms with Crippen LogP contribution in [0.4, 0.5) is 10.8 Å². The van der Waals surface area contributed by atoms with Crippen molar-refractivity contribution in [2.45, 2.75) is 57.7 Å². The van der Waals surface area contributed by atoms with Gasteiger partial charge in [0, 0.05) is 24.8 Å². The van der Waals surface area contributed by atoms with Crippen molar-refractivity contribution in [2.75, 3.05) is 18.5 Å². The molecule has 3 heterocycles. The van der Waals surface area contributed by atoms with E-state index in [1.165, 1.54) is 11.3 Å². The highest BCUT2D eigenvalue weighted by Crippen LogP contribution is 2.52. The first-order valence-corrected chi connectivity index (χ1v) is 12.1. The lowest BCUT2D eigenvalue weighted by atomic mass is 9.78. The fraction of sp³-hybridized carbons (Fsp3) is 0.522. The number of hydrogen-bond donors (Lipinski definition) is 1. The van der Waals surface area contributed by atoms with Crippen LogP contribution in [0.2, 0.25) is 5.02 Å². The minimum absolute atomic E-state index is 0.194. The lowest BCUT2D eigenvalue weighted by Gasteiger charge is -2.20. The number of rotatable bonds is 9. The lowest BCUT2D eigenvalue weighted by Crippen LogP contribution is -2.32. The molecule has 0 unspecified atom stereocenters. The van der Waals surface area contributed by atoms with E-state index < -0.39 is 29.1 Å². The van der Waals surface area contributed by atoms with E-state index in [0.29, 0.717) is 29.1 Å². The maximum absolute atomic E-state index is 12.9. The topological polar surface area (TPSA) is 86.8 Å². The summed E-state index contributed by atoms with van der Waals surface area (Å²) in [6.07, 6.45) is 3.20. The fourth-order valence-electron chi connectivity index (χ4n) is 4.23. The minimum Gasteiger partial charge on any atom is -0.459 e. The number of nitrogens with zero attached hydrogens (tertiary/aromatic N) is 1. The van der Waals surface area contributed by atoms with Crippen LogP contribution in [0.5, 0.6) is 0 Å². The number of nitrogens with one attached hydrogen (secondary N) is 1. The quantitative estimate of drug-likeness (QED) is 0.300. The summed E-state index contributed by atoms with van der Waals surface area (Å²) in [6, 6.07) is 7.37. The van der Waals surface area contributed by atoms with Crippen LogP contribution in [-0.2, 0) is 29.4 Å². The first kappa shape index (κ1) is 23.0. The van der Waals surface area contributed by atoms with Crippen LogP contribution in [0, 0.1) is 5.41 Å². The number of thiazole rings is 1.